The number of nitrogens with zero attached hydrogens (tertiary/aromatic N) is 1. The number of likely N-dealkylation sites (tertiary alicyclic amines) is 1. The van der Waals surface area contributed by atoms with Gasteiger partial charge in [-0.25, -0.2) is 0 Å². The van der Waals surface area contributed by atoms with Crippen LogP contribution in [-0.4, -0.2) is 41.4 Å². The zero-order valence-corrected chi connectivity index (χ0v) is 17.0. The first-order valence-corrected chi connectivity index (χ1v) is 10.4. The van der Waals surface area contributed by atoms with E-state index in [4.69, 9.17) is 5.73 Å². The Balaban J connectivity index is 0.00000243. The summed E-state index contributed by atoms with van der Waals surface area (Å²) in [4.78, 5) is 27.4. The Kier molecular flexibility index (Phi) is 7.77. The van der Waals surface area contributed by atoms with Crippen molar-refractivity contribution in [2.24, 2.45) is 17.6 Å². The fourth-order valence-electron chi connectivity index (χ4n) is 4.91. The Bertz CT molecular complexity index is 483. The number of piperidine rings is 1. The van der Waals surface area contributed by atoms with E-state index in [2.05, 4.69) is 5.32 Å². The average molecular weight is 386 g/mol. The third kappa shape index (κ3) is 5.13. The monoisotopic (exact) mass is 385 g/mol. The molecule has 0 aromatic carbocycles. The number of rotatable bonds is 3. The predicted octanol–water partition coefficient (Wildman–Crippen LogP) is 3.00. The van der Waals surface area contributed by atoms with Crippen molar-refractivity contribution in [3.63, 3.8) is 0 Å². The van der Waals surface area contributed by atoms with Gasteiger partial charge < -0.3 is 16.0 Å². The maximum Gasteiger partial charge on any atom is 0.227 e. The van der Waals surface area contributed by atoms with Crippen LogP contribution in [-0.2, 0) is 9.59 Å². The molecule has 6 heteroatoms. The zero-order chi connectivity index (χ0) is 17.9. The molecule has 1 saturated heterocycles. The molecule has 2 saturated carbocycles. The normalized spacial score (nSPS) is 31.2. The predicted molar refractivity (Wildman–Crippen MR) is 106 cm³/mol. The SMILES string of the molecule is CC1(N)CCCCC1C(=O)N1CCC(C(=O)NC2CCCCC2)CC1.Cl. The Morgan fingerprint density at radius 2 is 1.58 bits per heavy atom. The lowest BCUT2D eigenvalue weighted by atomic mass is 9.73. The fraction of sp³-hybridized carbons (Fsp3) is 0.900. The molecular formula is C20H36ClN3O2. The molecule has 3 fully saturated rings. The molecule has 0 bridgehead atoms. The van der Waals surface area contributed by atoms with Crippen molar-refractivity contribution in [2.75, 3.05) is 13.1 Å². The molecular weight excluding hydrogens is 350 g/mol. The third-order valence-electron chi connectivity index (χ3n) is 6.68. The molecule has 26 heavy (non-hydrogen) atoms. The second kappa shape index (κ2) is 9.41. The van der Waals surface area contributed by atoms with Crippen molar-refractivity contribution in [3.8, 4) is 0 Å². The molecule has 150 valence electrons. The van der Waals surface area contributed by atoms with Gasteiger partial charge in [0.2, 0.25) is 11.8 Å². The first-order chi connectivity index (χ1) is 12.0. The van der Waals surface area contributed by atoms with Gasteiger partial charge in [-0.05, 0) is 45.4 Å². The molecule has 2 amide bonds. The van der Waals surface area contributed by atoms with Crippen LogP contribution in [0.15, 0.2) is 0 Å². The van der Waals surface area contributed by atoms with Crippen molar-refractivity contribution in [1.82, 2.24) is 10.2 Å². The molecule has 2 aliphatic carbocycles. The zero-order valence-electron chi connectivity index (χ0n) is 16.2. The summed E-state index contributed by atoms with van der Waals surface area (Å²) in [6, 6.07) is 0.376. The van der Waals surface area contributed by atoms with E-state index in [9.17, 15) is 9.59 Å². The maximum atomic E-state index is 12.9. The molecule has 1 aliphatic heterocycles. The van der Waals surface area contributed by atoms with Crippen LogP contribution in [0.1, 0.15) is 77.6 Å². The summed E-state index contributed by atoms with van der Waals surface area (Å²) < 4.78 is 0. The van der Waals surface area contributed by atoms with Gasteiger partial charge >= 0.3 is 0 Å². The van der Waals surface area contributed by atoms with E-state index in [0.29, 0.717) is 19.1 Å². The Labute approximate surface area is 164 Å². The number of hydrogen-bond acceptors (Lipinski definition) is 3. The number of amides is 2. The van der Waals surface area contributed by atoms with E-state index in [-0.39, 0.29) is 41.6 Å². The molecule has 0 spiro atoms. The minimum Gasteiger partial charge on any atom is -0.353 e. The molecule has 0 radical (unpaired) electrons. The summed E-state index contributed by atoms with van der Waals surface area (Å²) in [5, 5.41) is 3.25. The van der Waals surface area contributed by atoms with Crippen molar-refractivity contribution in [2.45, 2.75) is 89.1 Å². The van der Waals surface area contributed by atoms with Gasteiger partial charge in [0.05, 0.1) is 5.92 Å². The summed E-state index contributed by atoms with van der Waals surface area (Å²) in [5.41, 5.74) is 6.03. The minimum atomic E-state index is -0.370. The van der Waals surface area contributed by atoms with Crippen LogP contribution in [0.4, 0.5) is 0 Å². The van der Waals surface area contributed by atoms with E-state index in [1.54, 1.807) is 0 Å². The Morgan fingerprint density at radius 3 is 2.19 bits per heavy atom. The van der Waals surface area contributed by atoms with Gasteiger partial charge in [-0.1, -0.05) is 32.1 Å². The van der Waals surface area contributed by atoms with E-state index in [1.165, 1.54) is 19.3 Å². The van der Waals surface area contributed by atoms with Gasteiger partial charge in [0, 0.05) is 30.6 Å². The highest BCUT2D eigenvalue weighted by Gasteiger charge is 2.41. The Hall–Kier alpha value is -0.810. The van der Waals surface area contributed by atoms with Crippen LogP contribution in [0.5, 0.6) is 0 Å². The van der Waals surface area contributed by atoms with Gasteiger partial charge in [-0.3, -0.25) is 9.59 Å². The highest BCUT2D eigenvalue weighted by molar-refractivity contribution is 5.85. The minimum absolute atomic E-state index is 0. The van der Waals surface area contributed by atoms with Gasteiger partial charge in [0.25, 0.3) is 0 Å². The molecule has 2 atom stereocenters. The number of nitrogens with two attached hydrogens (primary N) is 1. The van der Waals surface area contributed by atoms with E-state index >= 15 is 0 Å². The van der Waals surface area contributed by atoms with E-state index in [1.807, 2.05) is 11.8 Å². The lowest BCUT2D eigenvalue weighted by Gasteiger charge is -2.41. The first kappa shape index (κ1) is 21.5. The molecule has 0 aromatic rings. The standard InChI is InChI=1S/C20H35N3O2.ClH/c1-20(21)12-6-5-9-17(20)19(25)23-13-10-15(11-14-23)18(24)22-16-7-3-2-4-8-16;/h15-17H,2-14,21H2,1H3,(H,22,24);1H. The maximum absolute atomic E-state index is 12.9. The third-order valence-corrected chi connectivity index (χ3v) is 6.68. The topological polar surface area (TPSA) is 75.4 Å². The fourth-order valence-corrected chi connectivity index (χ4v) is 4.91. The van der Waals surface area contributed by atoms with Crippen LogP contribution >= 0.6 is 12.4 Å². The summed E-state index contributed by atoms with van der Waals surface area (Å²) in [6.07, 6.45) is 11.7. The molecule has 3 N–H and O–H groups in total. The van der Waals surface area contributed by atoms with Crippen LogP contribution in [0.25, 0.3) is 0 Å². The Morgan fingerprint density at radius 1 is 0.962 bits per heavy atom. The number of hydrogen-bond donors (Lipinski definition) is 2. The van der Waals surface area contributed by atoms with Crippen LogP contribution < -0.4 is 11.1 Å². The summed E-state index contributed by atoms with van der Waals surface area (Å²) >= 11 is 0. The van der Waals surface area contributed by atoms with E-state index in [0.717, 1.165) is 51.4 Å². The van der Waals surface area contributed by atoms with Crippen molar-refractivity contribution in [1.29, 1.82) is 0 Å². The van der Waals surface area contributed by atoms with E-state index < -0.39 is 0 Å². The summed E-state index contributed by atoms with van der Waals surface area (Å²) in [7, 11) is 0. The van der Waals surface area contributed by atoms with Crippen LogP contribution in [0, 0.1) is 11.8 Å². The lowest BCUT2D eigenvalue weighted by Crippen LogP contribution is -2.55. The number of nitrogens with one attached hydrogen (secondary N) is 1. The molecule has 1 heterocycles. The highest BCUT2D eigenvalue weighted by Crippen LogP contribution is 2.34. The van der Waals surface area contributed by atoms with Crippen LogP contribution in [0.3, 0.4) is 0 Å². The molecule has 3 rings (SSSR count). The van der Waals surface area contributed by atoms with Gasteiger partial charge in [0.15, 0.2) is 0 Å². The second-order valence-electron chi connectivity index (χ2n) is 8.75. The molecule has 2 unspecified atom stereocenters. The van der Waals surface area contributed by atoms with Crippen molar-refractivity contribution in [3.05, 3.63) is 0 Å². The molecule has 0 aromatic heterocycles. The molecule has 3 aliphatic rings. The highest BCUT2D eigenvalue weighted by atomic mass is 35.5. The first-order valence-electron chi connectivity index (χ1n) is 10.4. The number of halogens is 1. The van der Waals surface area contributed by atoms with Crippen molar-refractivity contribution < 1.29 is 9.59 Å². The van der Waals surface area contributed by atoms with Gasteiger partial charge in [-0.2, -0.15) is 0 Å². The van der Waals surface area contributed by atoms with Crippen molar-refractivity contribution >= 4 is 24.2 Å². The summed E-state index contributed by atoms with van der Waals surface area (Å²) in [5.74, 6) is 0.451. The van der Waals surface area contributed by atoms with Crippen LogP contribution in [0.2, 0.25) is 0 Å². The van der Waals surface area contributed by atoms with Gasteiger partial charge in [0.1, 0.15) is 0 Å². The lowest BCUT2D eigenvalue weighted by molar-refractivity contribution is -0.142. The van der Waals surface area contributed by atoms with Gasteiger partial charge in [-0.15, -0.1) is 12.4 Å². The quantitative estimate of drug-likeness (QED) is 0.784. The number of carbonyl (C=O) groups is 2. The summed E-state index contributed by atoms with van der Waals surface area (Å²) in [6.45, 7) is 3.43. The molecule has 5 nitrogen and oxygen atoms in total. The second-order valence-corrected chi connectivity index (χ2v) is 8.75. The number of carbonyl (C=O) groups excluding carboxylic acids is 2. The smallest absolute Gasteiger partial charge is 0.227 e. The average Bonchev–Trinajstić information content (AvgIpc) is 2.62. The largest absolute Gasteiger partial charge is 0.353 e.